The highest BCUT2D eigenvalue weighted by Crippen LogP contribution is 2.45. The Balaban J connectivity index is 3.60. The predicted octanol–water partition coefficient (Wildman–Crippen LogP) is 7.87. The van der Waals surface area contributed by atoms with E-state index in [1.807, 2.05) is 38.1 Å². The van der Waals surface area contributed by atoms with Gasteiger partial charge in [0.1, 0.15) is 0 Å². The van der Waals surface area contributed by atoms with Crippen molar-refractivity contribution < 1.29 is 19.8 Å². The summed E-state index contributed by atoms with van der Waals surface area (Å²) in [5.74, 6) is -1.63. The molecule has 32 heavy (non-hydrogen) atoms. The van der Waals surface area contributed by atoms with Crippen LogP contribution in [0.1, 0.15) is 129 Å². The van der Waals surface area contributed by atoms with Gasteiger partial charge in [-0.05, 0) is 36.8 Å². The summed E-state index contributed by atoms with van der Waals surface area (Å²) in [6, 6.07) is 7.57. The SMILES string of the molecule is CCCCCCC(CCC)(C(=O)O)c1ccccc1C(CCC)(CCCCCC)C(=O)O. The van der Waals surface area contributed by atoms with Gasteiger partial charge in [0.25, 0.3) is 0 Å². The Morgan fingerprint density at radius 1 is 0.594 bits per heavy atom. The number of carbonyl (C=O) groups is 2. The second-order valence-electron chi connectivity index (χ2n) is 9.44. The van der Waals surface area contributed by atoms with Crippen LogP contribution in [0.2, 0.25) is 0 Å². The van der Waals surface area contributed by atoms with Crippen LogP contribution in [-0.4, -0.2) is 22.2 Å². The Morgan fingerprint density at radius 2 is 0.969 bits per heavy atom. The number of carboxylic acids is 2. The van der Waals surface area contributed by atoms with E-state index in [9.17, 15) is 19.8 Å². The zero-order valence-electron chi connectivity index (χ0n) is 20.9. The highest BCUT2D eigenvalue weighted by Gasteiger charge is 2.47. The van der Waals surface area contributed by atoms with E-state index in [4.69, 9.17) is 0 Å². The molecular formula is C28H46O4. The molecule has 0 saturated carbocycles. The van der Waals surface area contributed by atoms with Gasteiger partial charge >= 0.3 is 11.9 Å². The van der Waals surface area contributed by atoms with Crippen molar-refractivity contribution in [3.8, 4) is 0 Å². The molecule has 182 valence electrons. The molecule has 4 heteroatoms. The van der Waals surface area contributed by atoms with Crippen LogP contribution in [0.4, 0.5) is 0 Å². The predicted molar refractivity (Wildman–Crippen MR) is 132 cm³/mol. The van der Waals surface area contributed by atoms with E-state index in [0.717, 1.165) is 75.3 Å². The molecule has 0 spiro atoms. The third-order valence-electron chi connectivity index (χ3n) is 7.04. The number of hydrogen-bond donors (Lipinski definition) is 2. The molecule has 0 aliphatic rings. The summed E-state index contributed by atoms with van der Waals surface area (Å²) in [5.41, 5.74) is -0.595. The maximum atomic E-state index is 12.8. The van der Waals surface area contributed by atoms with E-state index in [-0.39, 0.29) is 0 Å². The van der Waals surface area contributed by atoms with Crippen LogP contribution in [0.25, 0.3) is 0 Å². The minimum Gasteiger partial charge on any atom is -0.481 e. The Morgan fingerprint density at radius 3 is 1.25 bits per heavy atom. The van der Waals surface area contributed by atoms with E-state index in [0.29, 0.717) is 25.7 Å². The van der Waals surface area contributed by atoms with Crippen molar-refractivity contribution in [1.29, 1.82) is 0 Å². The first-order valence-corrected chi connectivity index (χ1v) is 12.9. The fraction of sp³-hybridized carbons (Fsp3) is 0.714. The van der Waals surface area contributed by atoms with Crippen molar-refractivity contribution in [3.63, 3.8) is 0 Å². The number of rotatable bonds is 18. The van der Waals surface area contributed by atoms with Crippen molar-refractivity contribution in [2.45, 2.75) is 128 Å². The lowest BCUT2D eigenvalue weighted by Gasteiger charge is -2.38. The zero-order valence-corrected chi connectivity index (χ0v) is 20.9. The van der Waals surface area contributed by atoms with Gasteiger partial charge in [-0.1, -0.05) is 116 Å². The van der Waals surface area contributed by atoms with Crippen LogP contribution in [0, 0.1) is 0 Å². The maximum absolute atomic E-state index is 12.8. The second-order valence-corrected chi connectivity index (χ2v) is 9.44. The summed E-state index contributed by atoms with van der Waals surface area (Å²) < 4.78 is 0. The molecule has 1 aromatic carbocycles. The molecule has 0 aliphatic heterocycles. The molecule has 0 fully saturated rings. The van der Waals surface area contributed by atoms with Crippen LogP contribution in [0.3, 0.4) is 0 Å². The highest BCUT2D eigenvalue weighted by atomic mass is 16.4. The molecule has 2 unspecified atom stereocenters. The number of carboxylic acid groups (broad SMARTS) is 2. The first-order valence-electron chi connectivity index (χ1n) is 12.9. The monoisotopic (exact) mass is 446 g/mol. The lowest BCUT2D eigenvalue weighted by atomic mass is 9.64. The van der Waals surface area contributed by atoms with Crippen LogP contribution in [0.5, 0.6) is 0 Å². The average molecular weight is 447 g/mol. The quantitative estimate of drug-likeness (QED) is 0.225. The minimum atomic E-state index is -1.03. The van der Waals surface area contributed by atoms with E-state index in [1.54, 1.807) is 0 Å². The molecule has 0 saturated heterocycles. The number of aliphatic carboxylic acids is 2. The van der Waals surface area contributed by atoms with Crippen LogP contribution in [0.15, 0.2) is 24.3 Å². The van der Waals surface area contributed by atoms with E-state index >= 15 is 0 Å². The zero-order chi connectivity index (χ0) is 24.0. The Bertz CT molecular complexity index is 639. The van der Waals surface area contributed by atoms with Crippen molar-refractivity contribution in [2.75, 3.05) is 0 Å². The first kappa shape index (κ1) is 28.2. The van der Waals surface area contributed by atoms with Gasteiger partial charge in [-0.25, -0.2) is 0 Å². The third-order valence-corrected chi connectivity index (χ3v) is 7.04. The first-order chi connectivity index (χ1) is 15.4. The molecule has 2 atom stereocenters. The van der Waals surface area contributed by atoms with E-state index in [1.165, 1.54) is 0 Å². The van der Waals surface area contributed by atoms with Gasteiger partial charge in [0.15, 0.2) is 0 Å². The lowest BCUT2D eigenvalue weighted by molar-refractivity contribution is -0.146. The number of benzene rings is 1. The molecule has 0 amide bonds. The van der Waals surface area contributed by atoms with Gasteiger partial charge in [-0.3, -0.25) is 9.59 Å². The minimum absolute atomic E-state index is 0.531. The molecule has 0 aromatic heterocycles. The van der Waals surface area contributed by atoms with Crippen LogP contribution in [-0.2, 0) is 20.4 Å². The van der Waals surface area contributed by atoms with Crippen molar-refractivity contribution in [3.05, 3.63) is 35.4 Å². The normalized spacial score (nSPS) is 15.1. The van der Waals surface area contributed by atoms with E-state index in [2.05, 4.69) is 13.8 Å². The molecule has 1 aromatic rings. The molecule has 4 nitrogen and oxygen atoms in total. The molecule has 0 heterocycles. The Hall–Kier alpha value is -1.84. The largest absolute Gasteiger partial charge is 0.481 e. The maximum Gasteiger partial charge on any atom is 0.314 e. The summed E-state index contributed by atoms with van der Waals surface area (Å²) in [7, 11) is 0. The van der Waals surface area contributed by atoms with E-state index < -0.39 is 22.8 Å². The van der Waals surface area contributed by atoms with Gasteiger partial charge in [-0.15, -0.1) is 0 Å². The molecule has 1 rings (SSSR count). The van der Waals surface area contributed by atoms with Crippen molar-refractivity contribution >= 4 is 11.9 Å². The lowest BCUT2D eigenvalue weighted by Crippen LogP contribution is -2.42. The Labute approximate surface area is 195 Å². The fourth-order valence-electron chi connectivity index (χ4n) is 5.33. The summed E-state index contributed by atoms with van der Waals surface area (Å²) in [6.07, 6.45) is 11.8. The number of hydrogen-bond acceptors (Lipinski definition) is 2. The third kappa shape index (κ3) is 6.83. The van der Waals surface area contributed by atoms with Crippen LogP contribution < -0.4 is 0 Å². The second kappa shape index (κ2) is 14.3. The highest BCUT2D eigenvalue weighted by molar-refractivity contribution is 5.86. The van der Waals surface area contributed by atoms with Crippen molar-refractivity contribution in [1.82, 2.24) is 0 Å². The average Bonchev–Trinajstić information content (AvgIpc) is 2.77. The molecule has 2 N–H and O–H groups in total. The summed E-state index contributed by atoms with van der Waals surface area (Å²) in [6.45, 7) is 8.34. The standard InChI is InChI=1S/C28H46O4/c1-5-9-11-15-21-27(19-7-3,25(29)30)23-17-13-14-18-24(23)28(20-8-4,26(31)32)22-16-12-10-6-2/h13-14,17-18H,5-12,15-16,19-22H2,1-4H3,(H,29,30)(H,31,32). The van der Waals surface area contributed by atoms with Gasteiger partial charge < -0.3 is 10.2 Å². The summed E-state index contributed by atoms with van der Waals surface area (Å²) in [5, 5.41) is 21.0. The van der Waals surface area contributed by atoms with Crippen LogP contribution >= 0.6 is 0 Å². The summed E-state index contributed by atoms with van der Waals surface area (Å²) >= 11 is 0. The fourth-order valence-corrected chi connectivity index (χ4v) is 5.33. The number of unbranched alkanes of at least 4 members (excludes halogenated alkanes) is 6. The summed E-state index contributed by atoms with van der Waals surface area (Å²) in [4.78, 5) is 25.7. The molecule has 0 radical (unpaired) electrons. The van der Waals surface area contributed by atoms with Gasteiger partial charge in [0.05, 0.1) is 10.8 Å². The molecular weight excluding hydrogens is 400 g/mol. The Kier molecular flexibility index (Phi) is 12.6. The van der Waals surface area contributed by atoms with Gasteiger partial charge in [0.2, 0.25) is 0 Å². The van der Waals surface area contributed by atoms with Gasteiger partial charge in [-0.2, -0.15) is 0 Å². The topological polar surface area (TPSA) is 74.6 Å². The van der Waals surface area contributed by atoms with Crippen molar-refractivity contribution in [2.24, 2.45) is 0 Å². The van der Waals surface area contributed by atoms with Gasteiger partial charge in [0, 0.05) is 0 Å². The smallest absolute Gasteiger partial charge is 0.314 e. The molecule has 0 bridgehead atoms. The molecule has 0 aliphatic carbocycles.